The molecule has 0 saturated carbocycles. The van der Waals surface area contributed by atoms with Crippen LogP contribution in [-0.4, -0.2) is 64.2 Å². The first-order chi connectivity index (χ1) is 8.32. The molecule has 0 atom stereocenters. The van der Waals surface area contributed by atoms with Crippen LogP contribution in [-0.2, 0) is 14.3 Å². The predicted octanol–water partition coefficient (Wildman–Crippen LogP) is -0.547. The van der Waals surface area contributed by atoms with E-state index in [0.717, 1.165) is 6.54 Å². The maximum atomic E-state index is 11.9. The van der Waals surface area contributed by atoms with Crippen molar-refractivity contribution in [2.45, 2.75) is 13.8 Å². The summed E-state index contributed by atoms with van der Waals surface area (Å²) in [4.78, 5) is 25.7. The Kier molecular flexibility index (Phi) is 7.54. The van der Waals surface area contributed by atoms with Gasteiger partial charge in [0.25, 0.3) is 0 Å². The highest BCUT2D eigenvalue weighted by Crippen LogP contribution is 2.14. The molecule has 18 heavy (non-hydrogen) atoms. The largest absolute Gasteiger partial charge is 0.383 e. The van der Waals surface area contributed by atoms with Crippen LogP contribution in [0.15, 0.2) is 0 Å². The molecule has 0 aliphatic rings. The molecule has 0 aromatic rings. The highest BCUT2D eigenvalue weighted by atomic mass is 16.5. The highest BCUT2D eigenvalue weighted by Gasteiger charge is 2.35. The lowest BCUT2D eigenvalue weighted by molar-refractivity contribution is -0.141. The summed E-state index contributed by atoms with van der Waals surface area (Å²) in [5.41, 5.74) is -1.07. The molecule has 0 aromatic carbocycles. The fraction of sp³-hybridized carbons (Fsp3) is 0.833. The SMILES string of the molecule is COCCNC(=O)C(C)(C)C(=O)NCCN(C)C. The molecule has 0 spiro atoms. The zero-order valence-electron chi connectivity index (χ0n) is 12.0. The number of hydrogen-bond acceptors (Lipinski definition) is 4. The van der Waals surface area contributed by atoms with Crippen LogP contribution < -0.4 is 10.6 Å². The van der Waals surface area contributed by atoms with Gasteiger partial charge in [0.15, 0.2) is 0 Å². The number of carbonyl (C=O) groups excluding carboxylic acids is 2. The third-order valence-electron chi connectivity index (χ3n) is 2.57. The number of carbonyl (C=O) groups is 2. The average molecular weight is 259 g/mol. The van der Waals surface area contributed by atoms with E-state index in [0.29, 0.717) is 19.7 Å². The van der Waals surface area contributed by atoms with E-state index in [4.69, 9.17) is 4.74 Å². The van der Waals surface area contributed by atoms with Crippen molar-refractivity contribution in [3.8, 4) is 0 Å². The molecule has 0 bridgehead atoms. The van der Waals surface area contributed by atoms with Crippen molar-refractivity contribution in [2.24, 2.45) is 5.41 Å². The van der Waals surface area contributed by atoms with Crippen LogP contribution in [0.4, 0.5) is 0 Å². The van der Waals surface area contributed by atoms with E-state index in [1.807, 2.05) is 19.0 Å². The second kappa shape index (κ2) is 8.05. The number of amides is 2. The first-order valence-electron chi connectivity index (χ1n) is 6.02. The fourth-order valence-electron chi connectivity index (χ4n) is 1.20. The molecule has 2 amide bonds. The Hall–Kier alpha value is -1.14. The summed E-state index contributed by atoms with van der Waals surface area (Å²) in [5, 5.41) is 5.42. The van der Waals surface area contributed by atoms with Gasteiger partial charge < -0.3 is 20.3 Å². The Morgan fingerprint density at radius 1 is 1.11 bits per heavy atom. The number of likely N-dealkylation sites (N-methyl/N-ethyl adjacent to an activating group) is 1. The van der Waals surface area contributed by atoms with Crippen molar-refractivity contribution in [1.82, 2.24) is 15.5 Å². The summed E-state index contributed by atoms with van der Waals surface area (Å²) >= 11 is 0. The van der Waals surface area contributed by atoms with Crippen molar-refractivity contribution in [2.75, 3.05) is 47.4 Å². The van der Waals surface area contributed by atoms with E-state index in [1.54, 1.807) is 21.0 Å². The third-order valence-corrected chi connectivity index (χ3v) is 2.57. The minimum Gasteiger partial charge on any atom is -0.383 e. The Labute approximate surface area is 109 Å². The van der Waals surface area contributed by atoms with E-state index in [1.165, 1.54) is 0 Å². The van der Waals surface area contributed by atoms with E-state index < -0.39 is 5.41 Å². The number of nitrogens with zero attached hydrogens (tertiary/aromatic N) is 1. The molecular formula is C12H25N3O3. The van der Waals surface area contributed by atoms with Gasteiger partial charge >= 0.3 is 0 Å². The topological polar surface area (TPSA) is 70.7 Å². The predicted molar refractivity (Wildman–Crippen MR) is 70.2 cm³/mol. The molecule has 0 saturated heterocycles. The minimum atomic E-state index is -1.07. The van der Waals surface area contributed by atoms with Crippen LogP contribution in [0.2, 0.25) is 0 Å². The number of nitrogens with one attached hydrogen (secondary N) is 2. The molecule has 0 heterocycles. The van der Waals surface area contributed by atoms with Crippen molar-refractivity contribution in [1.29, 1.82) is 0 Å². The van der Waals surface area contributed by atoms with Gasteiger partial charge in [-0.2, -0.15) is 0 Å². The lowest BCUT2D eigenvalue weighted by Crippen LogP contribution is -2.49. The minimum absolute atomic E-state index is 0.265. The van der Waals surface area contributed by atoms with E-state index >= 15 is 0 Å². The van der Waals surface area contributed by atoms with Crippen molar-refractivity contribution in [3.05, 3.63) is 0 Å². The summed E-state index contributed by atoms with van der Waals surface area (Å²) in [5.74, 6) is -0.554. The molecule has 6 heteroatoms. The molecule has 0 aliphatic heterocycles. The van der Waals surface area contributed by atoms with Gasteiger partial charge in [0.2, 0.25) is 11.8 Å². The normalized spacial score (nSPS) is 11.4. The molecule has 0 aliphatic carbocycles. The quantitative estimate of drug-likeness (QED) is 0.453. The molecule has 106 valence electrons. The van der Waals surface area contributed by atoms with Crippen LogP contribution in [0, 0.1) is 5.41 Å². The summed E-state index contributed by atoms with van der Waals surface area (Å²) in [7, 11) is 5.41. The first-order valence-corrected chi connectivity index (χ1v) is 6.02. The molecular weight excluding hydrogens is 234 g/mol. The molecule has 0 aromatic heterocycles. The Morgan fingerprint density at radius 3 is 2.06 bits per heavy atom. The molecule has 0 fully saturated rings. The van der Waals surface area contributed by atoms with Crippen LogP contribution in [0.5, 0.6) is 0 Å². The fourth-order valence-corrected chi connectivity index (χ4v) is 1.20. The van der Waals surface area contributed by atoms with E-state index in [9.17, 15) is 9.59 Å². The number of methoxy groups -OCH3 is 1. The Balaban J connectivity index is 4.16. The average Bonchev–Trinajstić information content (AvgIpc) is 2.28. The summed E-state index contributed by atoms with van der Waals surface area (Å²) in [6.07, 6.45) is 0. The second-order valence-electron chi connectivity index (χ2n) is 4.93. The smallest absolute Gasteiger partial charge is 0.235 e. The zero-order chi connectivity index (χ0) is 14.2. The summed E-state index contributed by atoms with van der Waals surface area (Å²) in [6.45, 7) is 5.34. The summed E-state index contributed by atoms with van der Waals surface area (Å²) in [6, 6.07) is 0. The van der Waals surface area contributed by atoms with Crippen molar-refractivity contribution in [3.63, 3.8) is 0 Å². The second-order valence-corrected chi connectivity index (χ2v) is 4.93. The molecule has 2 N–H and O–H groups in total. The first kappa shape index (κ1) is 16.9. The summed E-state index contributed by atoms with van der Waals surface area (Å²) < 4.78 is 4.84. The number of rotatable bonds is 8. The lowest BCUT2D eigenvalue weighted by atomic mass is 9.91. The van der Waals surface area contributed by atoms with E-state index in [2.05, 4.69) is 10.6 Å². The molecule has 6 nitrogen and oxygen atoms in total. The van der Waals surface area contributed by atoms with Gasteiger partial charge in [0.1, 0.15) is 5.41 Å². The Bertz CT molecular complexity index is 278. The van der Waals surface area contributed by atoms with Crippen LogP contribution in [0.1, 0.15) is 13.8 Å². The monoisotopic (exact) mass is 259 g/mol. The lowest BCUT2D eigenvalue weighted by Gasteiger charge is -2.23. The third kappa shape index (κ3) is 5.97. The maximum absolute atomic E-state index is 11.9. The van der Waals surface area contributed by atoms with Gasteiger partial charge in [0.05, 0.1) is 6.61 Å². The van der Waals surface area contributed by atoms with Crippen LogP contribution >= 0.6 is 0 Å². The standard InChI is InChI=1S/C12H25N3O3/c1-12(2,11(17)14-7-9-18-5)10(16)13-6-8-15(3)4/h6-9H2,1-5H3,(H,13,16)(H,14,17). The number of ether oxygens (including phenoxy) is 1. The number of hydrogen-bond donors (Lipinski definition) is 2. The van der Waals surface area contributed by atoms with Gasteiger partial charge in [-0.15, -0.1) is 0 Å². The van der Waals surface area contributed by atoms with Gasteiger partial charge in [-0.25, -0.2) is 0 Å². The maximum Gasteiger partial charge on any atom is 0.235 e. The molecule has 0 rings (SSSR count). The highest BCUT2D eigenvalue weighted by molar-refractivity contribution is 6.04. The van der Waals surface area contributed by atoms with Crippen molar-refractivity contribution < 1.29 is 14.3 Å². The van der Waals surface area contributed by atoms with Crippen LogP contribution in [0.25, 0.3) is 0 Å². The van der Waals surface area contributed by atoms with Gasteiger partial charge in [-0.3, -0.25) is 9.59 Å². The van der Waals surface area contributed by atoms with Gasteiger partial charge in [0, 0.05) is 26.7 Å². The molecule has 0 radical (unpaired) electrons. The van der Waals surface area contributed by atoms with Crippen LogP contribution in [0.3, 0.4) is 0 Å². The molecule has 0 unspecified atom stereocenters. The van der Waals surface area contributed by atoms with Gasteiger partial charge in [-0.1, -0.05) is 0 Å². The van der Waals surface area contributed by atoms with E-state index in [-0.39, 0.29) is 11.8 Å². The van der Waals surface area contributed by atoms with Crippen molar-refractivity contribution >= 4 is 11.8 Å². The van der Waals surface area contributed by atoms with Gasteiger partial charge in [-0.05, 0) is 27.9 Å². The zero-order valence-corrected chi connectivity index (χ0v) is 12.0. The Morgan fingerprint density at radius 2 is 1.61 bits per heavy atom.